The second-order valence-electron chi connectivity index (χ2n) is 5.81. The predicted molar refractivity (Wildman–Crippen MR) is 102 cm³/mol. The van der Waals surface area contributed by atoms with Crippen molar-refractivity contribution in [3.8, 4) is 0 Å². The highest BCUT2D eigenvalue weighted by Crippen LogP contribution is 2.31. The number of benzene rings is 1. The normalized spacial score (nSPS) is 11.6. The summed E-state index contributed by atoms with van der Waals surface area (Å²) in [6.07, 6.45) is 0. The minimum absolute atomic E-state index is 0.106. The SMILES string of the molecule is CNC(=O)c1cc(C)cc(C(C)Nc2ccc(Cl)nc2C(=O)O)c1NC. The van der Waals surface area contributed by atoms with Crippen LogP contribution in [0.3, 0.4) is 0 Å². The number of amides is 1. The lowest BCUT2D eigenvalue weighted by Gasteiger charge is -2.22. The Morgan fingerprint density at radius 1 is 1.23 bits per heavy atom. The maximum Gasteiger partial charge on any atom is 0.356 e. The van der Waals surface area contributed by atoms with Gasteiger partial charge in [-0.3, -0.25) is 4.79 Å². The minimum atomic E-state index is -1.17. The maximum absolute atomic E-state index is 12.2. The van der Waals surface area contributed by atoms with E-state index in [9.17, 15) is 14.7 Å². The molecule has 0 fully saturated rings. The topological polar surface area (TPSA) is 103 Å². The molecule has 138 valence electrons. The zero-order valence-corrected chi connectivity index (χ0v) is 15.7. The van der Waals surface area contributed by atoms with Crippen LogP contribution in [-0.4, -0.2) is 36.1 Å². The van der Waals surface area contributed by atoms with E-state index in [1.807, 2.05) is 19.9 Å². The molecule has 1 unspecified atom stereocenters. The molecule has 0 saturated heterocycles. The Kier molecular flexibility index (Phi) is 6.05. The lowest BCUT2D eigenvalue weighted by Crippen LogP contribution is -2.21. The number of carbonyl (C=O) groups excluding carboxylic acids is 1. The average Bonchev–Trinajstić information content (AvgIpc) is 2.61. The quantitative estimate of drug-likeness (QED) is 0.577. The molecule has 1 atom stereocenters. The number of nitrogens with one attached hydrogen (secondary N) is 3. The molecule has 0 aliphatic heterocycles. The lowest BCUT2D eigenvalue weighted by molar-refractivity contribution is 0.0691. The first-order valence-electron chi connectivity index (χ1n) is 7.99. The van der Waals surface area contributed by atoms with Crippen molar-refractivity contribution in [3.63, 3.8) is 0 Å². The molecule has 8 heteroatoms. The van der Waals surface area contributed by atoms with Crippen LogP contribution < -0.4 is 16.0 Å². The zero-order chi connectivity index (χ0) is 19.4. The largest absolute Gasteiger partial charge is 0.476 e. The Balaban J connectivity index is 2.48. The van der Waals surface area contributed by atoms with Gasteiger partial charge in [-0.1, -0.05) is 17.7 Å². The van der Waals surface area contributed by atoms with Crippen LogP contribution in [0, 0.1) is 6.92 Å². The van der Waals surface area contributed by atoms with Crippen LogP contribution in [0.5, 0.6) is 0 Å². The van der Waals surface area contributed by atoms with E-state index in [0.717, 1.165) is 11.1 Å². The molecular formula is C18H21ClN4O3. The highest BCUT2D eigenvalue weighted by molar-refractivity contribution is 6.29. The van der Waals surface area contributed by atoms with Crippen LogP contribution in [0.4, 0.5) is 11.4 Å². The molecule has 4 N–H and O–H groups in total. The molecule has 2 aromatic rings. The molecule has 26 heavy (non-hydrogen) atoms. The van der Waals surface area contributed by atoms with Crippen LogP contribution in [-0.2, 0) is 0 Å². The van der Waals surface area contributed by atoms with Crippen LogP contribution in [0.15, 0.2) is 24.3 Å². The molecule has 0 aliphatic carbocycles. The van der Waals surface area contributed by atoms with Gasteiger partial charge in [-0.2, -0.15) is 0 Å². The van der Waals surface area contributed by atoms with Gasteiger partial charge < -0.3 is 21.1 Å². The number of aromatic carboxylic acids is 1. The summed E-state index contributed by atoms with van der Waals surface area (Å²) in [6, 6.07) is 6.55. The molecule has 0 bridgehead atoms. The van der Waals surface area contributed by atoms with Crippen molar-refractivity contribution in [1.82, 2.24) is 10.3 Å². The van der Waals surface area contributed by atoms with Crippen molar-refractivity contribution in [1.29, 1.82) is 0 Å². The number of hydrogen-bond acceptors (Lipinski definition) is 5. The molecule has 1 heterocycles. The highest BCUT2D eigenvalue weighted by Gasteiger charge is 2.20. The van der Waals surface area contributed by atoms with Gasteiger partial charge in [0.05, 0.1) is 23.0 Å². The molecule has 0 saturated carbocycles. The van der Waals surface area contributed by atoms with E-state index in [-0.39, 0.29) is 22.8 Å². The maximum atomic E-state index is 12.2. The van der Waals surface area contributed by atoms with Gasteiger partial charge in [0.15, 0.2) is 5.69 Å². The Hall–Kier alpha value is -2.80. The first-order chi connectivity index (χ1) is 12.3. The van der Waals surface area contributed by atoms with Gasteiger partial charge >= 0.3 is 5.97 Å². The van der Waals surface area contributed by atoms with Crippen LogP contribution in [0.1, 0.15) is 44.9 Å². The van der Waals surface area contributed by atoms with Crippen LogP contribution in [0.25, 0.3) is 0 Å². The molecule has 0 aliphatic rings. The van der Waals surface area contributed by atoms with Gasteiger partial charge in [0.25, 0.3) is 5.91 Å². The Morgan fingerprint density at radius 2 is 1.92 bits per heavy atom. The number of rotatable bonds is 6. The molecule has 7 nitrogen and oxygen atoms in total. The number of aryl methyl sites for hydroxylation is 1. The number of halogens is 1. The minimum Gasteiger partial charge on any atom is -0.476 e. The summed E-state index contributed by atoms with van der Waals surface area (Å²) >= 11 is 5.80. The summed E-state index contributed by atoms with van der Waals surface area (Å²) in [4.78, 5) is 27.5. The number of carbonyl (C=O) groups is 2. The predicted octanol–water partition coefficient (Wildman–Crippen LogP) is 3.32. The summed E-state index contributed by atoms with van der Waals surface area (Å²) in [5.41, 5.74) is 3.13. The van der Waals surface area contributed by atoms with Gasteiger partial charge in [-0.15, -0.1) is 0 Å². The second-order valence-corrected chi connectivity index (χ2v) is 6.19. The summed E-state index contributed by atoms with van der Waals surface area (Å²) in [5.74, 6) is -1.38. The molecule has 1 aromatic heterocycles. The Morgan fingerprint density at radius 3 is 2.50 bits per heavy atom. The van der Waals surface area contributed by atoms with Crippen molar-refractivity contribution in [3.05, 3.63) is 51.8 Å². The molecule has 0 spiro atoms. The standard InChI is InChI=1S/C18H21ClN4O3/c1-9-7-11(15(20-3)12(8-9)17(24)21-4)10(2)22-13-5-6-14(19)23-16(13)18(25)26/h5-8,10,20,22H,1-4H3,(H,21,24)(H,25,26). The third kappa shape index (κ3) is 4.05. The number of hydrogen-bond donors (Lipinski definition) is 4. The summed E-state index contributed by atoms with van der Waals surface area (Å²) in [5, 5.41) is 18.3. The first-order valence-corrected chi connectivity index (χ1v) is 8.37. The van der Waals surface area contributed by atoms with E-state index in [2.05, 4.69) is 20.9 Å². The molecule has 1 aromatic carbocycles. The Labute approximate surface area is 156 Å². The zero-order valence-electron chi connectivity index (χ0n) is 15.0. The van der Waals surface area contributed by atoms with Crippen molar-refractivity contribution < 1.29 is 14.7 Å². The van der Waals surface area contributed by atoms with Crippen molar-refractivity contribution >= 4 is 34.9 Å². The fourth-order valence-electron chi connectivity index (χ4n) is 2.77. The molecule has 1 amide bonds. The number of carboxylic acid groups (broad SMARTS) is 1. The van der Waals surface area contributed by atoms with Crippen LogP contribution >= 0.6 is 11.6 Å². The van der Waals surface area contributed by atoms with Gasteiger partial charge in [-0.05, 0) is 43.2 Å². The fraction of sp³-hybridized carbons (Fsp3) is 0.278. The van der Waals surface area contributed by atoms with Gasteiger partial charge in [0.2, 0.25) is 0 Å². The number of aromatic nitrogens is 1. The highest BCUT2D eigenvalue weighted by atomic mass is 35.5. The third-order valence-corrected chi connectivity index (χ3v) is 4.15. The van der Waals surface area contributed by atoms with Crippen molar-refractivity contribution in [2.75, 3.05) is 24.7 Å². The van der Waals surface area contributed by atoms with E-state index in [0.29, 0.717) is 16.9 Å². The number of nitrogens with zero attached hydrogens (tertiary/aromatic N) is 1. The summed E-state index contributed by atoms with van der Waals surface area (Å²) in [6.45, 7) is 3.78. The van der Waals surface area contributed by atoms with E-state index in [1.165, 1.54) is 6.07 Å². The monoisotopic (exact) mass is 376 g/mol. The van der Waals surface area contributed by atoms with Crippen molar-refractivity contribution in [2.24, 2.45) is 0 Å². The van der Waals surface area contributed by atoms with E-state index < -0.39 is 5.97 Å². The van der Waals surface area contributed by atoms with Gasteiger partial charge in [0, 0.05) is 14.1 Å². The fourth-order valence-corrected chi connectivity index (χ4v) is 2.92. The molecule has 0 radical (unpaired) electrons. The van der Waals surface area contributed by atoms with Crippen LogP contribution in [0.2, 0.25) is 5.15 Å². The van der Waals surface area contributed by atoms with E-state index in [4.69, 9.17) is 11.6 Å². The lowest BCUT2D eigenvalue weighted by atomic mass is 9.97. The summed E-state index contributed by atoms with van der Waals surface area (Å²) in [7, 11) is 3.31. The Bertz CT molecular complexity index is 855. The van der Waals surface area contributed by atoms with E-state index in [1.54, 1.807) is 26.2 Å². The number of pyridine rings is 1. The summed E-state index contributed by atoms with van der Waals surface area (Å²) < 4.78 is 0. The average molecular weight is 377 g/mol. The van der Waals surface area contributed by atoms with Gasteiger partial charge in [-0.25, -0.2) is 9.78 Å². The third-order valence-electron chi connectivity index (χ3n) is 3.94. The first kappa shape index (κ1) is 19.5. The molecule has 2 rings (SSSR count). The van der Waals surface area contributed by atoms with E-state index >= 15 is 0 Å². The van der Waals surface area contributed by atoms with Crippen molar-refractivity contribution in [2.45, 2.75) is 19.9 Å². The smallest absolute Gasteiger partial charge is 0.356 e. The number of anilines is 2. The van der Waals surface area contributed by atoms with Gasteiger partial charge in [0.1, 0.15) is 5.15 Å². The number of carboxylic acids is 1. The molecular weight excluding hydrogens is 356 g/mol. The second kappa shape index (κ2) is 8.05.